The first-order valence-corrected chi connectivity index (χ1v) is 7.20. The molecule has 0 aliphatic rings. The van der Waals surface area contributed by atoms with E-state index in [-0.39, 0.29) is 11.1 Å². The fourth-order valence-electron chi connectivity index (χ4n) is 1.66. The smallest absolute Gasteiger partial charge is 0.254 e. The van der Waals surface area contributed by atoms with Gasteiger partial charge >= 0.3 is 0 Å². The Morgan fingerprint density at radius 2 is 2.20 bits per heavy atom. The Labute approximate surface area is 130 Å². The molecule has 0 unspecified atom stereocenters. The third kappa shape index (κ3) is 3.61. The zero-order chi connectivity index (χ0) is 14.7. The van der Waals surface area contributed by atoms with Crippen molar-refractivity contribution in [2.75, 3.05) is 12.5 Å². The SMILES string of the molecule is CN(Cc1ccc(Cl)s1)C(=O)c1cc(Cl)nc(NN)c1. The highest BCUT2D eigenvalue weighted by Crippen LogP contribution is 2.23. The molecule has 0 bridgehead atoms. The van der Waals surface area contributed by atoms with Gasteiger partial charge in [-0.2, -0.15) is 0 Å². The Kier molecular flexibility index (Phi) is 4.82. The van der Waals surface area contributed by atoms with Gasteiger partial charge < -0.3 is 10.3 Å². The summed E-state index contributed by atoms with van der Waals surface area (Å²) in [6.07, 6.45) is 0. The third-order valence-corrected chi connectivity index (χ3v) is 3.97. The minimum Gasteiger partial charge on any atom is -0.337 e. The van der Waals surface area contributed by atoms with E-state index in [1.165, 1.54) is 17.4 Å². The molecule has 0 saturated heterocycles. The second kappa shape index (κ2) is 6.41. The average Bonchev–Trinajstić information content (AvgIpc) is 2.82. The number of pyridine rings is 1. The van der Waals surface area contributed by atoms with Gasteiger partial charge in [-0.1, -0.05) is 23.2 Å². The van der Waals surface area contributed by atoms with Crippen LogP contribution in [0.25, 0.3) is 0 Å². The first kappa shape index (κ1) is 15.1. The predicted octanol–water partition coefficient (Wildman–Crippen LogP) is 3.01. The lowest BCUT2D eigenvalue weighted by Gasteiger charge is -2.16. The Bertz CT molecular complexity index is 632. The Morgan fingerprint density at radius 1 is 1.45 bits per heavy atom. The van der Waals surface area contributed by atoms with Crippen molar-refractivity contribution in [3.05, 3.63) is 44.2 Å². The van der Waals surface area contributed by atoms with Crippen LogP contribution in [0.2, 0.25) is 9.49 Å². The molecule has 0 aliphatic heterocycles. The van der Waals surface area contributed by atoms with Crippen molar-refractivity contribution in [2.24, 2.45) is 5.84 Å². The van der Waals surface area contributed by atoms with Gasteiger partial charge in [-0.3, -0.25) is 4.79 Å². The van der Waals surface area contributed by atoms with Gasteiger partial charge in [-0.15, -0.1) is 11.3 Å². The van der Waals surface area contributed by atoms with Crippen molar-refractivity contribution in [3.63, 3.8) is 0 Å². The van der Waals surface area contributed by atoms with E-state index in [1.54, 1.807) is 24.1 Å². The molecule has 2 aromatic heterocycles. The molecule has 0 aliphatic carbocycles. The molecular formula is C12H12Cl2N4OS. The summed E-state index contributed by atoms with van der Waals surface area (Å²) < 4.78 is 0.697. The number of rotatable bonds is 4. The number of nitrogens with zero attached hydrogens (tertiary/aromatic N) is 2. The van der Waals surface area contributed by atoms with E-state index in [9.17, 15) is 4.79 Å². The number of thiophene rings is 1. The van der Waals surface area contributed by atoms with Crippen molar-refractivity contribution in [1.29, 1.82) is 0 Å². The summed E-state index contributed by atoms with van der Waals surface area (Å²) >= 11 is 13.2. The number of nitrogen functional groups attached to an aromatic ring is 1. The molecule has 20 heavy (non-hydrogen) atoms. The van der Waals surface area contributed by atoms with Gasteiger partial charge in [0.1, 0.15) is 11.0 Å². The summed E-state index contributed by atoms with van der Waals surface area (Å²) in [5.74, 6) is 5.45. The van der Waals surface area contributed by atoms with E-state index in [1.807, 2.05) is 6.07 Å². The number of anilines is 1. The molecule has 2 rings (SSSR count). The van der Waals surface area contributed by atoms with Crippen LogP contribution in [-0.2, 0) is 6.54 Å². The van der Waals surface area contributed by atoms with E-state index in [0.717, 1.165) is 4.88 Å². The van der Waals surface area contributed by atoms with E-state index in [2.05, 4.69) is 10.4 Å². The molecule has 0 radical (unpaired) electrons. The highest BCUT2D eigenvalue weighted by atomic mass is 35.5. The number of carbonyl (C=O) groups is 1. The molecule has 0 saturated carbocycles. The average molecular weight is 331 g/mol. The number of hydrazine groups is 1. The molecule has 1 amide bonds. The van der Waals surface area contributed by atoms with Gasteiger partial charge in [0.15, 0.2) is 0 Å². The summed E-state index contributed by atoms with van der Waals surface area (Å²) in [6, 6.07) is 6.75. The van der Waals surface area contributed by atoms with Gasteiger partial charge in [0, 0.05) is 17.5 Å². The molecule has 0 aromatic carbocycles. The quantitative estimate of drug-likeness (QED) is 0.513. The first-order chi connectivity index (χ1) is 9.49. The molecule has 2 aromatic rings. The van der Waals surface area contributed by atoms with E-state index in [0.29, 0.717) is 22.3 Å². The maximum atomic E-state index is 12.3. The molecule has 106 valence electrons. The number of hydrogen-bond acceptors (Lipinski definition) is 5. The van der Waals surface area contributed by atoms with Crippen LogP contribution in [0.15, 0.2) is 24.3 Å². The minimum absolute atomic E-state index is 0.171. The second-order valence-electron chi connectivity index (χ2n) is 4.08. The topological polar surface area (TPSA) is 71.2 Å². The van der Waals surface area contributed by atoms with Gasteiger partial charge in [0.2, 0.25) is 0 Å². The fourth-order valence-corrected chi connectivity index (χ4v) is 3.01. The molecule has 2 heterocycles. The Balaban J connectivity index is 2.15. The van der Waals surface area contributed by atoms with Crippen LogP contribution in [0.5, 0.6) is 0 Å². The zero-order valence-corrected chi connectivity index (χ0v) is 12.9. The van der Waals surface area contributed by atoms with Crippen LogP contribution in [0.1, 0.15) is 15.2 Å². The van der Waals surface area contributed by atoms with Gasteiger partial charge in [-0.25, -0.2) is 10.8 Å². The largest absolute Gasteiger partial charge is 0.337 e. The number of aromatic nitrogens is 1. The number of nitrogens with two attached hydrogens (primary N) is 1. The van der Waals surface area contributed by atoms with E-state index in [4.69, 9.17) is 29.0 Å². The maximum Gasteiger partial charge on any atom is 0.254 e. The summed E-state index contributed by atoms with van der Waals surface area (Å²) in [6.45, 7) is 0.474. The molecule has 8 heteroatoms. The van der Waals surface area contributed by atoms with Gasteiger partial charge in [0.25, 0.3) is 5.91 Å². The van der Waals surface area contributed by atoms with Crippen molar-refractivity contribution in [2.45, 2.75) is 6.54 Å². The van der Waals surface area contributed by atoms with E-state index >= 15 is 0 Å². The number of carbonyl (C=O) groups excluding carboxylic acids is 1. The molecule has 5 nitrogen and oxygen atoms in total. The number of hydrogen-bond donors (Lipinski definition) is 2. The third-order valence-electron chi connectivity index (χ3n) is 2.56. The lowest BCUT2D eigenvalue weighted by atomic mass is 10.2. The minimum atomic E-state index is -0.171. The summed E-state index contributed by atoms with van der Waals surface area (Å²) in [5, 5.41) is 0.205. The Morgan fingerprint density at radius 3 is 2.80 bits per heavy atom. The summed E-state index contributed by atoms with van der Waals surface area (Å²) in [7, 11) is 1.71. The highest BCUT2D eigenvalue weighted by Gasteiger charge is 2.15. The monoisotopic (exact) mass is 330 g/mol. The standard InChI is InChI=1S/C12H12Cl2N4OS/c1-18(6-8-2-3-10(14)20-8)12(19)7-4-9(13)16-11(5-7)17-15/h2-5H,6,15H2,1H3,(H,16,17). The van der Waals surface area contributed by atoms with Crippen LogP contribution >= 0.6 is 34.5 Å². The number of amides is 1. The summed E-state index contributed by atoms with van der Waals surface area (Å²) in [5.41, 5.74) is 2.79. The highest BCUT2D eigenvalue weighted by molar-refractivity contribution is 7.16. The number of nitrogens with one attached hydrogen (secondary N) is 1. The van der Waals surface area contributed by atoms with Crippen LogP contribution in [0.4, 0.5) is 5.82 Å². The van der Waals surface area contributed by atoms with Gasteiger partial charge in [0.05, 0.1) is 10.9 Å². The first-order valence-electron chi connectivity index (χ1n) is 5.63. The molecule has 0 atom stereocenters. The molecule has 0 fully saturated rings. The normalized spacial score (nSPS) is 10.4. The number of halogens is 2. The van der Waals surface area contributed by atoms with Gasteiger partial charge in [-0.05, 0) is 24.3 Å². The van der Waals surface area contributed by atoms with Crippen LogP contribution < -0.4 is 11.3 Å². The maximum absolute atomic E-state index is 12.3. The van der Waals surface area contributed by atoms with E-state index < -0.39 is 0 Å². The van der Waals surface area contributed by atoms with Crippen LogP contribution in [-0.4, -0.2) is 22.8 Å². The lowest BCUT2D eigenvalue weighted by molar-refractivity contribution is 0.0786. The van der Waals surface area contributed by atoms with Crippen molar-refractivity contribution in [3.8, 4) is 0 Å². The van der Waals surface area contributed by atoms with Crippen LogP contribution in [0, 0.1) is 0 Å². The van der Waals surface area contributed by atoms with Crippen molar-refractivity contribution in [1.82, 2.24) is 9.88 Å². The zero-order valence-electron chi connectivity index (χ0n) is 10.6. The second-order valence-corrected chi connectivity index (χ2v) is 6.26. The fraction of sp³-hybridized carbons (Fsp3) is 0.167. The van der Waals surface area contributed by atoms with Crippen molar-refractivity contribution >= 4 is 46.3 Å². The molecule has 0 spiro atoms. The summed E-state index contributed by atoms with van der Waals surface area (Å²) in [4.78, 5) is 18.8. The molecule has 3 N–H and O–H groups in total. The van der Waals surface area contributed by atoms with Crippen molar-refractivity contribution < 1.29 is 4.79 Å². The Hall–Kier alpha value is -1.34. The lowest BCUT2D eigenvalue weighted by Crippen LogP contribution is -2.26. The predicted molar refractivity (Wildman–Crippen MR) is 82.2 cm³/mol. The van der Waals surface area contributed by atoms with Crippen LogP contribution in [0.3, 0.4) is 0 Å². The molecular weight excluding hydrogens is 319 g/mol.